The SMILES string of the molecule is C[C@H]1C[C@@H](CC(=O)O)C1. The molecule has 0 radical (unpaired) electrons. The standard InChI is InChI=1S/C7H12O2/c1-5-2-6(3-5)4-7(8)9/h5-6H,2-4H2,1H3,(H,8,9)/t5-,6+. The fourth-order valence-electron chi connectivity index (χ4n) is 1.48. The Labute approximate surface area is 54.9 Å². The summed E-state index contributed by atoms with van der Waals surface area (Å²) in [6.07, 6.45) is 2.61. The number of hydrogen-bond donors (Lipinski definition) is 1. The molecular formula is C7H12O2. The van der Waals surface area contributed by atoms with Crippen molar-refractivity contribution in [1.82, 2.24) is 0 Å². The molecule has 1 saturated carbocycles. The van der Waals surface area contributed by atoms with Crippen LogP contribution in [0, 0.1) is 11.8 Å². The summed E-state index contributed by atoms with van der Waals surface area (Å²) in [6.45, 7) is 2.17. The van der Waals surface area contributed by atoms with E-state index in [2.05, 4.69) is 6.92 Å². The normalized spacial score (nSPS) is 33.4. The van der Waals surface area contributed by atoms with Crippen LogP contribution in [0.25, 0.3) is 0 Å². The Balaban J connectivity index is 2.11. The Morgan fingerprint density at radius 1 is 1.67 bits per heavy atom. The van der Waals surface area contributed by atoms with Crippen molar-refractivity contribution in [1.29, 1.82) is 0 Å². The van der Waals surface area contributed by atoms with Gasteiger partial charge in [0.05, 0.1) is 0 Å². The van der Waals surface area contributed by atoms with Gasteiger partial charge in [-0.25, -0.2) is 0 Å². The lowest BCUT2D eigenvalue weighted by Gasteiger charge is -2.31. The van der Waals surface area contributed by atoms with Crippen molar-refractivity contribution >= 4 is 5.97 Å². The van der Waals surface area contributed by atoms with Gasteiger partial charge < -0.3 is 5.11 Å². The monoisotopic (exact) mass is 128 g/mol. The molecule has 1 fully saturated rings. The molecule has 0 saturated heterocycles. The Kier molecular flexibility index (Phi) is 1.74. The molecule has 0 aliphatic heterocycles. The van der Waals surface area contributed by atoms with Gasteiger partial charge in [-0.05, 0) is 24.7 Å². The highest BCUT2D eigenvalue weighted by Gasteiger charge is 2.26. The average Bonchev–Trinajstić information content (AvgIpc) is 1.60. The summed E-state index contributed by atoms with van der Waals surface area (Å²) in [7, 11) is 0. The Bertz CT molecular complexity index is 114. The lowest BCUT2D eigenvalue weighted by atomic mass is 9.74. The summed E-state index contributed by atoms with van der Waals surface area (Å²) >= 11 is 0. The number of carbonyl (C=O) groups is 1. The fraction of sp³-hybridized carbons (Fsp3) is 0.857. The predicted octanol–water partition coefficient (Wildman–Crippen LogP) is 1.51. The van der Waals surface area contributed by atoms with E-state index in [4.69, 9.17) is 5.11 Å². The molecule has 9 heavy (non-hydrogen) atoms. The third-order valence-electron chi connectivity index (χ3n) is 1.93. The minimum Gasteiger partial charge on any atom is -0.481 e. The first-order valence-electron chi connectivity index (χ1n) is 3.40. The van der Waals surface area contributed by atoms with Crippen LogP contribution in [0.1, 0.15) is 26.2 Å². The van der Waals surface area contributed by atoms with E-state index in [1.54, 1.807) is 0 Å². The van der Waals surface area contributed by atoms with E-state index in [0.29, 0.717) is 12.3 Å². The highest BCUT2D eigenvalue weighted by atomic mass is 16.4. The number of carboxylic acid groups (broad SMARTS) is 1. The summed E-state index contributed by atoms with van der Waals surface area (Å²) in [6, 6.07) is 0. The van der Waals surface area contributed by atoms with Gasteiger partial charge in [0.1, 0.15) is 0 Å². The molecule has 1 N–H and O–H groups in total. The zero-order chi connectivity index (χ0) is 6.85. The van der Waals surface area contributed by atoms with Gasteiger partial charge in [-0.2, -0.15) is 0 Å². The van der Waals surface area contributed by atoms with Crippen molar-refractivity contribution in [2.45, 2.75) is 26.2 Å². The molecule has 2 nitrogen and oxygen atoms in total. The molecule has 1 rings (SSSR count). The lowest BCUT2D eigenvalue weighted by Crippen LogP contribution is -2.23. The summed E-state index contributed by atoms with van der Waals surface area (Å²) in [5.74, 6) is 0.610. The Morgan fingerprint density at radius 2 is 2.22 bits per heavy atom. The van der Waals surface area contributed by atoms with Gasteiger partial charge in [-0.3, -0.25) is 4.79 Å². The van der Waals surface area contributed by atoms with Crippen LogP contribution in [0.15, 0.2) is 0 Å². The van der Waals surface area contributed by atoms with Crippen LogP contribution in [-0.4, -0.2) is 11.1 Å². The average molecular weight is 128 g/mol. The van der Waals surface area contributed by atoms with Gasteiger partial charge in [0.25, 0.3) is 0 Å². The zero-order valence-corrected chi connectivity index (χ0v) is 5.63. The Hall–Kier alpha value is -0.530. The summed E-state index contributed by atoms with van der Waals surface area (Å²) in [5, 5.41) is 8.34. The van der Waals surface area contributed by atoms with Gasteiger partial charge in [-0.15, -0.1) is 0 Å². The van der Waals surface area contributed by atoms with E-state index in [-0.39, 0.29) is 0 Å². The molecule has 1 aliphatic carbocycles. The van der Waals surface area contributed by atoms with Crippen LogP contribution in [-0.2, 0) is 4.79 Å². The van der Waals surface area contributed by atoms with Crippen molar-refractivity contribution in [3.63, 3.8) is 0 Å². The minimum atomic E-state index is -0.646. The molecule has 52 valence electrons. The third kappa shape index (κ3) is 1.70. The van der Waals surface area contributed by atoms with Gasteiger partial charge in [0.2, 0.25) is 0 Å². The van der Waals surface area contributed by atoms with E-state index in [1.165, 1.54) is 0 Å². The number of hydrogen-bond acceptors (Lipinski definition) is 1. The van der Waals surface area contributed by atoms with Gasteiger partial charge >= 0.3 is 5.97 Å². The molecule has 0 unspecified atom stereocenters. The van der Waals surface area contributed by atoms with Crippen molar-refractivity contribution < 1.29 is 9.90 Å². The van der Waals surface area contributed by atoms with E-state index in [0.717, 1.165) is 18.8 Å². The maximum absolute atomic E-state index is 10.1. The van der Waals surface area contributed by atoms with Gasteiger partial charge in [0.15, 0.2) is 0 Å². The molecule has 1 aliphatic rings. The van der Waals surface area contributed by atoms with Crippen LogP contribution < -0.4 is 0 Å². The molecule has 0 aromatic carbocycles. The molecule has 0 amide bonds. The van der Waals surface area contributed by atoms with Crippen molar-refractivity contribution in [3.8, 4) is 0 Å². The number of aliphatic carboxylic acids is 1. The maximum Gasteiger partial charge on any atom is 0.303 e. The smallest absolute Gasteiger partial charge is 0.303 e. The van der Waals surface area contributed by atoms with Gasteiger partial charge in [0, 0.05) is 6.42 Å². The number of carboxylic acids is 1. The largest absolute Gasteiger partial charge is 0.481 e. The molecule has 0 heterocycles. The van der Waals surface area contributed by atoms with Crippen molar-refractivity contribution in [3.05, 3.63) is 0 Å². The number of rotatable bonds is 2. The second-order valence-corrected chi connectivity index (χ2v) is 3.04. The lowest BCUT2D eigenvalue weighted by molar-refractivity contribution is -0.139. The third-order valence-corrected chi connectivity index (χ3v) is 1.93. The van der Waals surface area contributed by atoms with Crippen LogP contribution in [0.2, 0.25) is 0 Å². The Morgan fingerprint density at radius 3 is 2.56 bits per heavy atom. The quantitative estimate of drug-likeness (QED) is 0.612. The first-order chi connectivity index (χ1) is 4.18. The fourth-order valence-corrected chi connectivity index (χ4v) is 1.48. The first-order valence-corrected chi connectivity index (χ1v) is 3.40. The highest BCUT2D eigenvalue weighted by Crippen LogP contribution is 2.35. The first kappa shape index (κ1) is 6.59. The van der Waals surface area contributed by atoms with Crippen LogP contribution >= 0.6 is 0 Å². The van der Waals surface area contributed by atoms with E-state index in [1.807, 2.05) is 0 Å². The van der Waals surface area contributed by atoms with E-state index >= 15 is 0 Å². The summed E-state index contributed by atoms with van der Waals surface area (Å²) in [5.41, 5.74) is 0. The van der Waals surface area contributed by atoms with E-state index in [9.17, 15) is 4.79 Å². The molecule has 0 aromatic rings. The van der Waals surface area contributed by atoms with Crippen molar-refractivity contribution in [2.24, 2.45) is 11.8 Å². The maximum atomic E-state index is 10.1. The topological polar surface area (TPSA) is 37.3 Å². The molecule has 0 aromatic heterocycles. The van der Waals surface area contributed by atoms with E-state index < -0.39 is 5.97 Å². The predicted molar refractivity (Wildman–Crippen MR) is 34.1 cm³/mol. The molecule has 0 bridgehead atoms. The molecule has 2 heteroatoms. The minimum absolute atomic E-state index is 0.379. The van der Waals surface area contributed by atoms with Crippen LogP contribution in [0.3, 0.4) is 0 Å². The summed E-state index contributed by atoms with van der Waals surface area (Å²) in [4.78, 5) is 10.1. The second kappa shape index (κ2) is 2.38. The summed E-state index contributed by atoms with van der Waals surface area (Å²) < 4.78 is 0. The zero-order valence-electron chi connectivity index (χ0n) is 5.63. The molecule has 0 spiro atoms. The van der Waals surface area contributed by atoms with Crippen LogP contribution in [0.5, 0.6) is 0 Å². The second-order valence-electron chi connectivity index (χ2n) is 3.04. The highest BCUT2D eigenvalue weighted by molar-refractivity contribution is 5.67. The van der Waals surface area contributed by atoms with Crippen LogP contribution in [0.4, 0.5) is 0 Å². The van der Waals surface area contributed by atoms with Crippen molar-refractivity contribution in [2.75, 3.05) is 0 Å². The molecular weight excluding hydrogens is 116 g/mol. The van der Waals surface area contributed by atoms with Gasteiger partial charge in [-0.1, -0.05) is 6.92 Å². The molecule has 0 atom stereocenters.